The van der Waals surface area contributed by atoms with Crippen molar-refractivity contribution in [2.45, 2.75) is 12.1 Å². The number of hydrogen-bond acceptors (Lipinski definition) is 8. The zero-order valence-electron chi connectivity index (χ0n) is 16.7. The standard InChI is InChI=1S/C20H18ClN5O6/c21-11-6-22-18(23-7-11)19(28)24-8-16-14-9-31-15-5-12(25-3-4-30-10-17(25)27)1-2-13(15)26(14)20(29)32-16/h1-2,5-7,14,16H,3-4,8-10H2,(H,24,28)/t14-,16-/m0/s1. The van der Waals surface area contributed by atoms with Gasteiger partial charge in [-0.05, 0) is 12.1 Å². The van der Waals surface area contributed by atoms with Crippen molar-refractivity contribution in [3.8, 4) is 5.75 Å². The lowest BCUT2D eigenvalue weighted by Gasteiger charge is -2.33. The van der Waals surface area contributed by atoms with Crippen molar-refractivity contribution >= 4 is 40.9 Å². The van der Waals surface area contributed by atoms with E-state index in [1.807, 2.05) is 0 Å². The number of fused-ring (bicyclic) bond motifs is 3. The van der Waals surface area contributed by atoms with Gasteiger partial charge < -0.3 is 24.4 Å². The highest BCUT2D eigenvalue weighted by molar-refractivity contribution is 6.30. The molecule has 3 aliphatic rings. The van der Waals surface area contributed by atoms with E-state index in [-0.39, 0.29) is 31.5 Å². The Morgan fingerprint density at radius 3 is 2.84 bits per heavy atom. The van der Waals surface area contributed by atoms with E-state index in [1.165, 1.54) is 17.3 Å². The van der Waals surface area contributed by atoms with Crippen molar-refractivity contribution in [3.05, 3.63) is 41.4 Å². The van der Waals surface area contributed by atoms with Crippen LogP contribution < -0.4 is 19.9 Å². The number of morpholine rings is 1. The first-order chi connectivity index (χ1) is 15.5. The highest BCUT2D eigenvalue weighted by Gasteiger charge is 2.46. The summed E-state index contributed by atoms with van der Waals surface area (Å²) < 4.78 is 16.5. The number of halogens is 1. The summed E-state index contributed by atoms with van der Waals surface area (Å²) in [6.07, 6.45) is 1.50. The number of anilines is 2. The minimum Gasteiger partial charge on any atom is -0.489 e. The quantitative estimate of drug-likeness (QED) is 0.718. The molecule has 3 amide bonds. The first kappa shape index (κ1) is 20.5. The lowest BCUT2D eigenvalue weighted by Crippen LogP contribution is -2.48. The van der Waals surface area contributed by atoms with Crippen LogP contribution in [0.15, 0.2) is 30.6 Å². The van der Waals surface area contributed by atoms with Crippen LogP contribution in [-0.4, -0.2) is 72.9 Å². The molecule has 0 aliphatic carbocycles. The van der Waals surface area contributed by atoms with E-state index in [2.05, 4.69) is 15.3 Å². The summed E-state index contributed by atoms with van der Waals surface area (Å²) in [5.41, 5.74) is 1.22. The van der Waals surface area contributed by atoms with E-state index in [9.17, 15) is 14.4 Å². The van der Waals surface area contributed by atoms with Crippen LogP contribution in [0.25, 0.3) is 0 Å². The summed E-state index contributed by atoms with van der Waals surface area (Å²) >= 11 is 5.73. The van der Waals surface area contributed by atoms with Crippen LogP contribution in [0, 0.1) is 0 Å². The molecule has 4 heterocycles. The van der Waals surface area contributed by atoms with Crippen molar-refractivity contribution in [2.24, 2.45) is 0 Å². The van der Waals surface area contributed by atoms with E-state index in [4.69, 9.17) is 25.8 Å². The number of hydrogen-bond donors (Lipinski definition) is 1. The fourth-order valence-corrected chi connectivity index (χ4v) is 3.95. The largest absolute Gasteiger partial charge is 0.489 e. The Labute approximate surface area is 187 Å². The lowest BCUT2D eigenvalue weighted by atomic mass is 10.1. The van der Waals surface area contributed by atoms with Gasteiger partial charge in [0.05, 0.1) is 23.9 Å². The fourth-order valence-electron chi connectivity index (χ4n) is 3.86. The first-order valence-electron chi connectivity index (χ1n) is 9.92. The zero-order valence-corrected chi connectivity index (χ0v) is 17.4. The van der Waals surface area contributed by atoms with Gasteiger partial charge in [-0.3, -0.25) is 14.5 Å². The molecule has 2 fully saturated rings. The van der Waals surface area contributed by atoms with E-state index < -0.39 is 24.1 Å². The molecule has 1 N–H and O–H groups in total. The van der Waals surface area contributed by atoms with Crippen molar-refractivity contribution in [3.63, 3.8) is 0 Å². The molecule has 1 aromatic carbocycles. The van der Waals surface area contributed by atoms with Gasteiger partial charge in [0, 0.05) is 30.7 Å². The number of benzene rings is 1. The number of rotatable bonds is 4. The average Bonchev–Trinajstić information content (AvgIpc) is 3.13. The molecular weight excluding hydrogens is 442 g/mol. The molecule has 1 aromatic heterocycles. The van der Waals surface area contributed by atoms with Gasteiger partial charge in [0.2, 0.25) is 5.82 Å². The summed E-state index contributed by atoms with van der Waals surface area (Å²) in [6, 6.07) is 4.80. The Hall–Kier alpha value is -3.44. The monoisotopic (exact) mass is 459 g/mol. The molecular formula is C20H18ClN5O6. The molecule has 0 spiro atoms. The summed E-state index contributed by atoms with van der Waals surface area (Å²) in [5, 5.41) is 2.99. The third kappa shape index (κ3) is 3.69. The highest BCUT2D eigenvalue weighted by Crippen LogP contribution is 2.41. The number of cyclic esters (lactones) is 1. The average molecular weight is 460 g/mol. The Morgan fingerprint density at radius 2 is 2.06 bits per heavy atom. The van der Waals surface area contributed by atoms with Gasteiger partial charge in [0.15, 0.2) is 0 Å². The molecule has 2 atom stereocenters. The van der Waals surface area contributed by atoms with Gasteiger partial charge in [-0.2, -0.15) is 0 Å². The second-order valence-electron chi connectivity index (χ2n) is 7.36. The topological polar surface area (TPSA) is 123 Å². The maximum Gasteiger partial charge on any atom is 0.415 e. The number of ether oxygens (including phenoxy) is 3. The van der Waals surface area contributed by atoms with E-state index in [1.54, 1.807) is 23.1 Å². The third-order valence-corrected chi connectivity index (χ3v) is 5.60. The lowest BCUT2D eigenvalue weighted by molar-refractivity contribution is -0.125. The van der Waals surface area contributed by atoms with Gasteiger partial charge >= 0.3 is 6.09 Å². The second kappa shape index (κ2) is 8.24. The van der Waals surface area contributed by atoms with Gasteiger partial charge in [0.25, 0.3) is 11.8 Å². The molecule has 32 heavy (non-hydrogen) atoms. The van der Waals surface area contributed by atoms with Crippen molar-refractivity contribution in [2.75, 3.05) is 42.7 Å². The smallest absolute Gasteiger partial charge is 0.415 e. The maximum atomic E-state index is 12.6. The number of aromatic nitrogens is 2. The SMILES string of the molecule is O=C(NC[C@@H]1OC(=O)N2c3ccc(N4CCOCC4=O)cc3OC[C@@H]12)c1ncc(Cl)cn1. The fraction of sp³-hybridized carbons (Fsp3) is 0.350. The van der Waals surface area contributed by atoms with Crippen LogP contribution in [-0.2, 0) is 14.3 Å². The molecule has 12 heteroatoms. The summed E-state index contributed by atoms with van der Waals surface area (Å²) in [6.45, 7) is 1.19. The number of carbonyl (C=O) groups is 3. The molecule has 2 saturated heterocycles. The third-order valence-electron chi connectivity index (χ3n) is 5.41. The minimum absolute atomic E-state index is 0.0347. The molecule has 0 unspecified atom stereocenters. The molecule has 5 rings (SSSR count). The molecule has 2 aromatic rings. The van der Waals surface area contributed by atoms with Gasteiger partial charge in [-0.15, -0.1) is 0 Å². The molecule has 3 aliphatic heterocycles. The van der Waals surface area contributed by atoms with Crippen LogP contribution in [0.2, 0.25) is 5.02 Å². The first-order valence-corrected chi connectivity index (χ1v) is 10.3. The van der Waals surface area contributed by atoms with E-state index in [0.717, 1.165) is 0 Å². The zero-order chi connectivity index (χ0) is 22.2. The van der Waals surface area contributed by atoms with Gasteiger partial charge in [-0.1, -0.05) is 11.6 Å². The van der Waals surface area contributed by atoms with Gasteiger partial charge in [-0.25, -0.2) is 14.8 Å². The van der Waals surface area contributed by atoms with Crippen LogP contribution in [0.1, 0.15) is 10.6 Å². The van der Waals surface area contributed by atoms with E-state index in [0.29, 0.717) is 35.3 Å². The van der Waals surface area contributed by atoms with Crippen LogP contribution in [0.5, 0.6) is 5.75 Å². The van der Waals surface area contributed by atoms with Crippen molar-refractivity contribution in [1.29, 1.82) is 0 Å². The molecule has 0 saturated carbocycles. The molecule has 166 valence electrons. The Bertz CT molecular complexity index is 1080. The number of carbonyl (C=O) groups excluding carboxylic acids is 3. The van der Waals surface area contributed by atoms with Crippen LogP contribution >= 0.6 is 11.6 Å². The Morgan fingerprint density at radius 1 is 1.25 bits per heavy atom. The molecule has 11 nitrogen and oxygen atoms in total. The Balaban J connectivity index is 1.29. The van der Waals surface area contributed by atoms with Crippen molar-refractivity contribution in [1.82, 2.24) is 15.3 Å². The normalized spacial score (nSPS) is 22.0. The summed E-state index contributed by atoms with van der Waals surface area (Å²) in [4.78, 5) is 47.8. The predicted octanol–water partition coefficient (Wildman–Crippen LogP) is 1.01. The number of amides is 3. The molecule has 0 radical (unpaired) electrons. The second-order valence-corrected chi connectivity index (χ2v) is 7.79. The molecule has 0 bridgehead atoms. The van der Waals surface area contributed by atoms with Crippen molar-refractivity contribution < 1.29 is 28.6 Å². The minimum atomic E-state index is -0.618. The van der Waals surface area contributed by atoms with E-state index >= 15 is 0 Å². The predicted molar refractivity (Wildman–Crippen MR) is 111 cm³/mol. The Kier molecular flexibility index (Phi) is 5.27. The van der Waals surface area contributed by atoms with Crippen LogP contribution in [0.3, 0.4) is 0 Å². The summed E-state index contributed by atoms with van der Waals surface area (Å²) in [7, 11) is 0. The highest BCUT2D eigenvalue weighted by atomic mass is 35.5. The maximum absolute atomic E-state index is 12.6. The van der Waals surface area contributed by atoms with Gasteiger partial charge in [0.1, 0.15) is 31.1 Å². The van der Waals surface area contributed by atoms with Crippen LogP contribution in [0.4, 0.5) is 16.2 Å². The number of nitrogens with one attached hydrogen (secondary N) is 1. The summed E-state index contributed by atoms with van der Waals surface area (Å²) in [5.74, 6) is -0.195. The number of nitrogens with zero attached hydrogens (tertiary/aromatic N) is 4.